The van der Waals surface area contributed by atoms with Gasteiger partial charge in [-0.2, -0.15) is 0 Å². The molecule has 0 N–H and O–H groups in total. The van der Waals surface area contributed by atoms with Crippen molar-refractivity contribution in [2.45, 2.75) is 6.92 Å². The number of amides is 2. The molecule has 1 aromatic rings. The van der Waals surface area contributed by atoms with Crippen molar-refractivity contribution in [3.05, 3.63) is 36.5 Å². The highest BCUT2D eigenvalue weighted by Crippen LogP contribution is 2.19. The highest BCUT2D eigenvalue weighted by atomic mass is 16.7. The second-order valence-electron chi connectivity index (χ2n) is 3.88. The van der Waals surface area contributed by atoms with E-state index in [1.54, 1.807) is 13.0 Å². The van der Waals surface area contributed by atoms with Gasteiger partial charge in [0.25, 0.3) is 11.8 Å². The van der Waals surface area contributed by atoms with Crippen molar-refractivity contribution < 1.29 is 19.2 Å². The lowest BCUT2D eigenvalue weighted by Gasteiger charge is -2.23. The Morgan fingerprint density at radius 1 is 1.48 bits per heavy atom. The third kappa shape index (κ3) is 3.73. The van der Waals surface area contributed by atoms with E-state index >= 15 is 0 Å². The molecule has 1 aromatic heterocycles. The average Bonchev–Trinajstić information content (AvgIpc) is 2.53. The first kappa shape index (κ1) is 16.5. The van der Waals surface area contributed by atoms with Crippen LogP contribution in [0.2, 0.25) is 0 Å². The van der Waals surface area contributed by atoms with Crippen molar-refractivity contribution in [2.75, 3.05) is 25.1 Å². The van der Waals surface area contributed by atoms with Crippen molar-refractivity contribution in [3.8, 4) is 0 Å². The molecule has 0 atom stereocenters. The molecule has 0 aliphatic carbocycles. The number of aromatic nitrogens is 1. The lowest BCUT2D eigenvalue weighted by Crippen LogP contribution is -2.36. The Labute approximate surface area is 122 Å². The second-order valence-corrected chi connectivity index (χ2v) is 3.88. The van der Waals surface area contributed by atoms with E-state index in [1.165, 1.54) is 19.4 Å². The molecule has 0 saturated carbocycles. The summed E-state index contributed by atoms with van der Waals surface area (Å²) in [4.78, 5) is 45.0. The predicted molar refractivity (Wildman–Crippen MR) is 76.6 cm³/mol. The number of anilines is 1. The first-order valence-electron chi connectivity index (χ1n) is 6.29. The van der Waals surface area contributed by atoms with Crippen LogP contribution in [0.5, 0.6) is 0 Å². The van der Waals surface area contributed by atoms with Gasteiger partial charge in [-0.25, -0.2) is 10.0 Å². The van der Waals surface area contributed by atoms with Crippen LogP contribution in [0, 0.1) is 0 Å². The van der Waals surface area contributed by atoms with Crippen LogP contribution >= 0.6 is 0 Å². The number of pyridine rings is 1. The number of nitrogens with zero attached hydrogens (tertiary/aromatic N) is 3. The van der Waals surface area contributed by atoms with Gasteiger partial charge in [0.15, 0.2) is 0 Å². The minimum Gasteiger partial charge on any atom is -0.301 e. The van der Waals surface area contributed by atoms with Crippen molar-refractivity contribution in [2.24, 2.45) is 0 Å². The molecular formula is C14H17N3O4. The minimum absolute atomic E-state index is 0.0926. The van der Waals surface area contributed by atoms with Crippen LogP contribution in [0.15, 0.2) is 31.0 Å². The lowest BCUT2D eigenvalue weighted by atomic mass is 10.2. The van der Waals surface area contributed by atoms with Crippen molar-refractivity contribution in [1.82, 2.24) is 10.0 Å². The van der Waals surface area contributed by atoms with Crippen LogP contribution < -0.4 is 4.90 Å². The van der Waals surface area contributed by atoms with E-state index in [0.717, 1.165) is 16.0 Å². The van der Waals surface area contributed by atoms with Crippen LogP contribution in [-0.4, -0.2) is 48.3 Å². The average molecular weight is 291 g/mol. The number of hydrogen-bond donors (Lipinski definition) is 0. The molecule has 0 unspecified atom stereocenters. The maximum absolute atomic E-state index is 12.4. The van der Waals surface area contributed by atoms with Crippen LogP contribution in [-0.2, 0) is 14.4 Å². The lowest BCUT2D eigenvalue weighted by molar-refractivity contribution is -0.116. The van der Waals surface area contributed by atoms with E-state index in [9.17, 15) is 14.4 Å². The van der Waals surface area contributed by atoms with E-state index in [0.29, 0.717) is 12.8 Å². The molecule has 0 saturated heterocycles. The first-order chi connectivity index (χ1) is 10.1. The molecule has 0 radical (unpaired) electrons. The van der Waals surface area contributed by atoms with Crippen molar-refractivity contribution in [3.63, 3.8) is 0 Å². The quantitative estimate of drug-likeness (QED) is 0.422. The highest BCUT2D eigenvalue weighted by Gasteiger charge is 2.24. The number of carbonyl (C=O) groups is 3. The molecule has 7 nitrogen and oxygen atoms in total. The number of aldehydes is 1. The van der Waals surface area contributed by atoms with Gasteiger partial charge in [0.2, 0.25) is 0 Å². The summed E-state index contributed by atoms with van der Waals surface area (Å²) in [5.41, 5.74) is 0.165. The predicted octanol–water partition coefficient (Wildman–Crippen LogP) is 0.823. The zero-order chi connectivity index (χ0) is 15.8. The monoisotopic (exact) mass is 291 g/mol. The number of rotatable bonds is 7. The molecule has 0 aromatic carbocycles. The fraction of sp³-hybridized carbons (Fsp3) is 0.286. The molecule has 0 bridgehead atoms. The van der Waals surface area contributed by atoms with Gasteiger partial charge >= 0.3 is 0 Å². The summed E-state index contributed by atoms with van der Waals surface area (Å²) in [6, 6.07) is 3.08. The van der Waals surface area contributed by atoms with E-state index in [4.69, 9.17) is 4.84 Å². The zero-order valence-electron chi connectivity index (χ0n) is 12.0. The maximum Gasteiger partial charge on any atom is 0.281 e. The summed E-state index contributed by atoms with van der Waals surface area (Å²) in [5.74, 6) is -0.874. The molecule has 21 heavy (non-hydrogen) atoms. The Balaban J connectivity index is 3.29. The van der Waals surface area contributed by atoms with Gasteiger partial charge in [-0.05, 0) is 25.1 Å². The van der Waals surface area contributed by atoms with Crippen molar-refractivity contribution in [1.29, 1.82) is 0 Å². The van der Waals surface area contributed by atoms with Crippen LogP contribution in [0.25, 0.3) is 0 Å². The largest absolute Gasteiger partial charge is 0.301 e. The van der Waals surface area contributed by atoms with Gasteiger partial charge in [-0.15, -0.1) is 0 Å². The molecule has 7 heteroatoms. The van der Waals surface area contributed by atoms with Crippen LogP contribution in [0.1, 0.15) is 17.3 Å². The number of hydroxylamine groups is 2. The highest BCUT2D eigenvalue weighted by molar-refractivity contribution is 6.07. The standard InChI is InChI=1S/C14H17N3O4/c1-4-12(19)16(9-10-18)13-11(7-6-8-15-13)14(20)17(5-2)21-3/h4,6-8,10H,1,5,9H2,2-3H3. The van der Waals surface area contributed by atoms with Crippen LogP contribution in [0.4, 0.5) is 5.82 Å². The first-order valence-corrected chi connectivity index (χ1v) is 6.29. The zero-order valence-corrected chi connectivity index (χ0v) is 12.0. The molecule has 0 spiro atoms. The topological polar surface area (TPSA) is 79.8 Å². The Morgan fingerprint density at radius 3 is 2.71 bits per heavy atom. The third-order valence-corrected chi connectivity index (χ3v) is 2.70. The Hall–Kier alpha value is -2.54. The molecular weight excluding hydrogens is 274 g/mol. The molecule has 0 fully saturated rings. The molecule has 112 valence electrons. The normalized spacial score (nSPS) is 9.81. The second kappa shape index (κ2) is 7.91. The van der Waals surface area contributed by atoms with E-state index in [-0.39, 0.29) is 17.9 Å². The maximum atomic E-state index is 12.4. The van der Waals surface area contributed by atoms with E-state index in [2.05, 4.69) is 11.6 Å². The van der Waals surface area contributed by atoms with Gasteiger partial charge in [-0.3, -0.25) is 19.3 Å². The Morgan fingerprint density at radius 2 is 2.19 bits per heavy atom. The molecule has 1 rings (SSSR count). The number of carbonyl (C=O) groups excluding carboxylic acids is 3. The third-order valence-electron chi connectivity index (χ3n) is 2.70. The summed E-state index contributed by atoms with van der Waals surface area (Å²) in [5, 5.41) is 1.12. The van der Waals surface area contributed by atoms with Crippen LogP contribution in [0.3, 0.4) is 0 Å². The molecule has 0 aliphatic rings. The van der Waals surface area contributed by atoms with Gasteiger partial charge < -0.3 is 4.79 Å². The SMILES string of the molecule is C=CC(=O)N(CC=O)c1ncccc1C(=O)N(CC)OC. The van der Waals surface area contributed by atoms with Gasteiger partial charge in [0.05, 0.1) is 19.2 Å². The fourth-order valence-corrected chi connectivity index (χ4v) is 1.73. The van der Waals surface area contributed by atoms with E-state index in [1.807, 2.05) is 0 Å². The van der Waals surface area contributed by atoms with Gasteiger partial charge in [-0.1, -0.05) is 6.58 Å². The smallest absolute Gasteiger partial charge is 0.281 e. The summed E-state index contributed by atoms with van der Waals surface area (Å²) in [7, 11) is 1.37. The minimum atomic E-state index is -0.518. The summed E-state index contributed by atoms with van der Waals surface area (Å²) < 4.78 is 0. The van der Waals surface area contributed by atoms with Gasteiger partial charge in [0, 0.05) is 12.7 Å². The van der Waals surface area contributed by atoms with Crippen molar-refractivity contribution >= 4 is 23.9 Å². The summed E-state index contributed by atoms with van der Waals surface area (Å²) in [6.07, 6.45) is 3.04. The fourth-order valence-electron chi connectivity index (χ4n) is 1.73. The van der Waals surface area contributed by atoms with E-state index < -0.39 is 11.8 Å². The Bertz CT molecular complexity index is 541. The van der Waals surface area contributed by atoms with Gasteiger partial charge in [0.1, 0.15) is 12.1 Å². The summed E-state index contributed by atoms with van der Waals surface area (Å²) in [6.45, 7) is 5.23. The Kier molecular flexibility index (Phi) is 6.22. The molecule has 2 amide bonds. The number of hydrogen-bond acceptors (Lipinski definition) is 5. The summed E-state index contributed by atoms with van der Waals surface area (Å²) >= 11 is 0. The molecule has 0 aliphatic heterocycles. The molecule has 1 heterocycles.